The molecule has 0 aromatic heterocycles. The first-order valence-corrected chi connectivity index (χ1v) is 13.1. The zero-order valence-corrected chi connectivity index (χ0v) is 21.6. The number of aliphatic hydroxyl groups excluding tert-OH is 1. The van der Waals surface area contributed by atoms with Crippen molar-refractivity contribution in [2.24, 2.45) is 5.92 Å². The molecule has 0 radical (unpaired) electrons. The fourth-order valence-corrected chi connectivity index (χ4v) is 5.31. The van der Waals surface area contributed by atoms with Crippen molar-refractivity contribution in [2.75, 3.05) is 26.2 Å². The number of benzene rings is 2. The molecule has 2 aliphatic rings. The number of aliphatic hydroxyl groups is 1. The monoisotopic (exact) mass is 534 g/mol. The van der Waals surface area contributed by atoms with E-state index in [2.05, 4.69) is 0 Å². The smallest absolute Gasteiger partial charge is 0.251 e. The second kappa shape index (κ2) is 11.8. The van der Waals surface area contributed by atoms with Crippen molar-refractivity contribution in [3.63, 3.8) is 0 Å². The highest BCUT2D eigenvalue weighted by Gasteiger charge is 2.34. The van der Waals surface area contributed by atoms with Gasteiger partial charge in [-0.15, -0.1) is 0 Å². The van der Waals surface area contributed by atoms with Crippen LogP contribution >= 0.6 is 34.8 Å². The molecule has 1 atom stereocenters. The lowest BCUT2D eigenvalue weighted by molar-refractivity contribution is -0.145. The van der Waals surface area contributed by atoms with Crippen LogP contribution in [0.1, 0.15) is 42.7 Å². The maximum Gasteiger partial charge on any atom is 0.251 e. The van der Waals surface area contributed by atoms with E-state index in [0.717, 1.165) is 23.4 Å². The molecule has 2 heterocycles. The molecule has 4 rings (SSSR count). The number of halogens is 3. The van der Waals surface area contributed by atoms with Gasteiger partial charge in [0.2, 0.25) is 5.91 Å². The zero-order chi connectivity index (χ0) is 24.9. The van der Waals surface area contributed by atoms with Gasteiger partial charge in [0.15, 0.2) is 0 Å². The van der Waals surface area contributed by atoms with Gasteiger partial charge >= 0.3 is 0 Å². The summed E-state index contributed by atoms with van der Waals surface area (Å²) in [5, 5.41) is 12.4. The van der Waals surface area contributed by atoms with Crippen LogP contribution in [0.3, 0.4) is 0 Å². The lowest BCUT2D eigenvalue weighted by Gasteiger charge is -2.37. The molecule has 35 heavy (non-hydrogen) atoms. The minimum atomic E-state index is -1.02. The lowest BCUT2D eigenvalue weighted by atomic mass is 9.87. The third-order valence-electron chi connectivity index (χ3n) is 7.06. The number of amides is 2. The fraction of sp³-hybridized carbons (Fsp3) is 0.407. The topological polar surface area (TPSA) is 60.9 Å². The number of hydrogen-bond acceptors (Lipinski definition) is 3. The number of carbonyl (C=O) groups excluding carboxylic acids is 2. The Hall–Kier alpha value is -2.05. The standard InChI is InChI=1S/C27H29Cl3N2O3/c28-22-5-3-19(4-6-22)20-9-15-32(16-10-20)27(35)26(34)21-11-13-31(14-12-21)25(33)8-2-18-1-7-23(29)24(30)17-18/h1-8,17,20-21,26,34H,9-16H2. The molecule has 2 saturated heterocycles. The summed E-state index contributed by atoms with van der Waals surface area (Å²) < 4.78 is 0. The Labute approximate surface area is 221 Å². The normalized spacial score (nSPS) is 18.7. The van der Waals surface area contributed by atoms with E-state index in [-0.39, 0.29) is 17.7 Å². The molecular formula is C27H29Cl3N2O3. The Morgan fingerprint density at radius 3 is 2.11 bits per heavy atom. The van der Waals surface area contributed by atoms with Gasteiger partial charge in [-0.1, -0.05) is 53.0 Å². The first kappa shape index (κ1) is 26.0. The maximum atomic E-state index is 13.0. The Morgan fingerprint density at radius 2 is 1.49 bits per heavy atom. The molecule has 5 nitrogen and oxygen atoms in total. The van der Waals surface area contributed by atoms with Crippen molar-refractivity contribution in [3.05, 3.63) is 74.7 Å². The summed E-state index contributed by atoms with van der Waals surface area (Å²) in [6.45, 7) is 2.30. The van der Waals surface area contributed by atoms with Crippen molar-refractivity contribution in [3.8, 4) is 0 Å². The minimum Gasteiger partial charge on any atom is -0.383 e. The third-order valence-corrected chi connectivity index (χ3v) is 8.05. The van der Waals surface area contributed by atoms with Gasteiger partial charge in [0.05, 0.1) is 10.0 Å². The number of rotatable bonds is 5. The lowest BCUT2D eigenvalue weighted by Crippen LogP contribution is -2.49. The van der Waals surface area contributed by atoms with Gasteiger partial charge in [0.1, 0.15) is 6.10 Å². The highest BCUT2D eigenvalue weighted by atomic mass is 35.5. The molecule has 2 amide bonds. The first-order chi connectivity index (χ1) is 16.8. The number of likely N-dealkylation sites (tertiary alicyclic amines) is 2. The number of hydrogen-bond donors (Lipinski definition) is 1. The quantitative estimate of drug-likeness (QED) is 0.502. The average molecular weight is 536 g/mol. The molecule has 2 aliphatic heterocycles. The van der Waals surface area contributed by atoms with Crippen LogP contribution in [0, 0.1) is 5.92 Å². The Kier molecular flexibility index (Phi) is 8.77. The van der Waals surface area contributed by atoms with Crippen molar-refractivity contribution in [1.82, 2.24) is 9.80 Å². The zero-order valence-electron chi connectivity index (χ0n) is 19.4. The van der Waals surface area contributed by atoms with E-state index in [1.807, 2.05) is 24.3 Å². The first-order valence-electron chi connectivity index (χ1n) is 12.0. The van der Waals surface area contributed by atoms with Gasteiger partial charge in [-0.25, -0.2) is 0 Å². The second-order valence-electron chi connectivity index (χ2n) is 9.27. The summed E-state index contributed by atoms with van der Waals surface area (Å²) in [4.78, 5) is 29.1. The highest BCUT2D eigenvalue weighted by molar-refractivity contribution is 6.42. The van der Waals surface area contributed by atoms with E-state index in [1.165, 1.54) is 11.6 Å². The largest absolute Gasteiger partial charge is 0.383 e. The van der Waals surface area contributed by atoms with Crippen LogP contribution in [0.15, 0.2) is 48.5 Å². The van der Waals surface area contributed by atoms with Crippen LogP contribution in [-0.4, -0.2) is 59.0 Å². The van der Waals surface area contributed by atoms with Gasteiger partial charge in [-0.05, 0) is 79.0 Å². The predicted molar refractivity (Wildman–Crippen MR) is 141 cm³/mol. The van der Waals surface area contributed by atoms with E-state index in [1.54, 1.807) is 34.1 Å². The van der Waals surface area contributed by atoms with E-state index in [0.29, 0.717) is 55.0 Å². The summed E-state index contributed by atoms with van der Waals surface area (Å²) in [5.41, 5.74) is 2.04. The molecule has 2 fully saturated rings. The predicted octanol–water partition coefficient (Wildman–Crippen LogP) is 5.67. The molecule has 1 unspecified atom stereocenters. The van der Waals surface area contributed by atoms with Crippen LogP contribution in [0.5, 0.6) is 0 Å². The molecule has 8 heteroatoms. The average Bonchev–Trinajstić information content (AvgIpc) is 2.89. The maximum absolute atomic E-state index is 13.0. The van der Waals surface area contributed by atoms with E-state index < -0.39 is 6.10 Å². The third kappa shape index (κ3) is 6.59. The van der Waals surface area contributed by atoms with E-state index in [4.69, 9.17) is 34.8 Å². The van der Waals surface area contributed by atoms with Gasteiger partial charge in [0, 0.05) is 37.3 Å². The molecule has 0 spiro atoms. The summed E-state index contributed by atoms with van der Waals surface area (Å²) >= 11 is 17.9. The van der Waals surface area contributed by atoms with Crippen molar-refractivity contribution in [2.45, 2.75) is 37.7 Å². The Morgan fingerprint density at radius 1 is 0.857 bits per heavy atom. The minimum absolute atomic E-state index is 0.0976. The second-order valence-corrected chi connectivity index (χ2v) is 10.5. The van der Waals surface area contributed by atoms with Crippen molar-refractivity contribution < 1.29 is 14.7 Å². The molecule has 0 saturated carbocycles. The van der Waals surface area contributed by atoms with Crippen LogP contribution < -0.4 is 0 Å². The van der Waals surface area contributed by atoms with Crippen LogP contribution in [0.25, 0.3) is 6.08 Å². The molecule has 0 aliphatic carbocycles. The van der Waals surface area contributed by atoms with Gasteiger partial charge in [0.25, 0.3) is 5.91 Å². The van der Waals surface area contributed by atoms with E-state index in [9.17, 15) is 14.7 Å². The Bertz CT molecular complexity index is 1070. The van der Waals surface area contributed by atoms with Gasteiger partial charge in [-0.2, -0.15) is 0 Å². The van der Waals surface area contributed by atoms with Gasteiger partial charge < -0.3 is 14.9 Å². The molecule has 1 N–H and O–H groups in total. The summed E-state index contributed by atoms with van der Waals surface area (Å²) in [6, 6.07) is 13.1. The molecule has 0 bridgehead atoms. The molecule has 2 aromatic rings. The van der Waals surface area contributed by atoms with Crippen LogP contribution in [0.2, 0.25) is 15.1 Å². The summed E-state index contributed by atoms with van der Waals surface area (Å²) in [6.07, 6.45) is 5.15. The van der Waals surface area contributed by atoms with Crippen LogP contribution in [0.4, 0.5) is 0 Å². The highest BCUT2D eigenvalue weighted by Crippen LogP contribution is 2.30. The molecular weight excluding hydrogens is 507 g/mol. The number of piperidine rings is 2. The summed E-state index contributed by atoms with van der Waals surface area (Å²) in [7, 11) is 0. The number of carbonyl (C=O) groups is 2. The van der Waals surface area contributed by atoms with E-state index >= 15 is 0 Å². The summed E-state index contributed by atoms with van der Waals surface area (Å²) in [5.74, 6) is -0.0253. The molecule has 2 aromatic carbocycles. The van der Waals surface area contributed by atoms with Crippen molar-refractivity contribution in [1.29, 1.82) is 0 Å². The molecule has 186 valence electrons. The SMILES string of the molecule is O=C(C=Cc1ccc(Cl)c(Cl)c1)N1CCC(C(O)C(=O)N2CCC(c3ccc(Cl)cc3)CC2)CC1. The van der Waals surface area contributed by atoms with Crippen molar-refractivity contribution >= 4 is 52.7 Å². The fourth-order valence-electron chi connectivity index (χ4n) is 4.88. The Balaban J connectivity index is 1.24. The number of nitrogens with zero attached hydrogens (tertiary/aromatic N) is 2. The van der Waals surface area contributed by atoms with Gasteiger partial charge in [-0.3, -0.25) is 9.59 Å². The van der Waals surface area contributed by atoms with Crippen LogP contribution in [-0.2, 0) is 9.59 Å².